The van der Waals surface area contributed by atoms with Gasteiger partial charge in [-0.3, -0.25) is 4.68 Å². The van der Waals surface area contributed by atoms with Crippen LogP contribution in [0.1, 0.15) is 42.1 Å². The van der Waals surface area contributed by atoms with Crippen molar-refractivity contribution in [1.82, 2.24) is 9.78 Å². The van der Waals surface area contributed by atoms with Gasteiger partial charge in [-0.05, 0) is 37.8 Å². The van der Waals surface area contributed by atoms with Gasteiger partial charge in [0.1, 0.15) is 36.0 Å². The van der Waals surface area contributed by atoms with Crippen molar-refractivity contribution in [3.05, 3.63) is 40.8 Å². The van der Waals surface area contributed by atoms with Crippen molar-refractivity contribution in [2.75, 3.05) is 13.7 Å². The van der Waals surface area contributed by atoms with Crippen LogP contribution in [0, 0.1) is 12.7 Å². The lowest BCUT2D eigenvalue weighted by molar-refractivity contribution is -0.278. The van der Waals surface area contributed by atoms with Gasteiger partial charge in [-0.2, -0.15) is 0 Å². The summed E-state index contributed by atoms with van der Waals surface area (Å²) in [5.41, 5.74) is 1.85. The van der Waals surface area contributed by atoms with Gasteiger partial charge < -0.3 is 34.6 Å². The Bertz CT molecular complexity index is 947. The zero-order valence-electron chi connectivity index (χ0n) is 18.0. The number of hydrogen-bond acceptors (Lipinski definition) is 8. The molecule has 176 valence electrons. The van der Waals surface area contributed by atoms with Crippen molar-refractivity contribution in [2.45, 2.75) is 69.4 Å². The number of benzene rings is 1. The number of aliphatic hydroxyl groups excluding tert-OH is 4. The Balaban J connectivity index is 1.65. The van der Waals surface area contributed by atoms with Gasteiger partial charge in [-0.25, -0.2) is 4.39 Å². The molecule has 2 fully saturated rings. The van der Waals surface area contributed by atoms with Gasteiger partial charge >= 0.3 is 0 Å². The number of nitrogens with zero attached hydrogens (tertiary/aromatic N) is 2. The molecule has 10 heteroatoms. The van der Waals surface area contributed by atoms with Gasteiger partial charge in [0, 0.05) is 23.7 Å². The number of hydrogen-bond donors (Lipinski definition) is 4. The minimum Gasteiger partial charge on any atom is -0.497 e. The van der Waals surface area contributed by atoms with Gasteiger partial charge in [0.25, 0.3) is 0 Å². The van der Waals surface area contributed by atoms with Crippen LogP contribution in [0.3, 0.4) is 0 Å². The fourth-order valence-corrected chi connectivity index (χ4v) is 4.07. The Kier molecular flexibility index (Phi) is 6.68. The predicted octanol–water partition coefficient (Wildman–Crippen LogP) is 0.834. The molecule has 2 aliphatic rings. The smallest absolute Gasteiger partial charge is 0.239 e. The molecule has 1 aromatic heterocycles. The molecule has 4 rings (SSSR count). The highest BCUT2D eigenvalue weighted by Gasteiger charge is 2.45. The van der Waals surface area contributed by atoms with Gasteiger partial charge in [0.2, 0.25) is 12.2 Å². The predicted molar refractivity (Wildman–Crippen MR) is 110 cm³/mol. The second-order valence-corrected chi connectivity index (χ2v) is 8.35. The van der Waals surface area contributed by atoms with E-state index in [0.29, 0.717) is 16.9 Å². The van der Waals surface area contributed by atoms with Gasteiger partial charge in [0.05, 0.1) is 19.8 Å². The molecular weight excluding hydrogens is 423 g/mol. The van der Waals surface area contributed by atoms with Crippen LogP contribution in [0.25, 0.3) is 0 Å². The van der Waals surface area contributed by atoms with E-state index in [9.17, 15) is 24.8 Å². The molecule has 0 radical (unpaired) electrons. The molecule has 2 aromatic rings. The second kappa shape index (κ2) is 9.32. The number of aromatic nitrogens is 2. The fourth-order valence-electron chi connectivity index (χ4n) is 4.07. The van der Waals surface area contributed by atoms with Crippen molar-refractivity contribution in [2.24, 2.45) is 0 Å². The summed E-state index contributed by atoms with van der Waals surface area (Å²) in [6.45, 7) is 1.31. The van der Waals surface area contributed by atoms with E-state index in [1.54, 1.807) is 12.1 Å². The van der Waals surface area contributed by atoms with Crippen molar-refractivity contribution >= 4 is 0 Å². The van der Waals surface area contributed by atoms with Crippen molar-refractivity contribution in [1.29, 1.82) is 0 Å². The normalized spacial score (nSPS) is 28.4. The molecule has 0 unspecified atom stereocenters. The van der Waals surface area contributed by atoms with E-state index in [1.165, 1.54) is 13.2 Å². The molecule has 0 amide bonds. The van der Waals surface area contributed by atoms with E-state index in [2.05, 4.69) is 5.10 Å². The molecule has 1 saturated carbocycles. The maximum atomic E-state index is 14.6. The van der Waals surface area contributed by atoms with Crippen LogP contribution in [0.2, 0.25) is 0 Å². The molecule has 2 heterocycles. The minimum absolute atomic E-state index is 0.147. The maximum Gasteiger partial charge on any atom is 0.239 e. The summed E-state index contributed by atoms with van der Waals surface area (Å²) < 4.78 is 32.9. The van der Waals surface area contributed by atoms with Gasteiger partial charge in [-0.15, -0.1) is 5.10 Å². The van der Waals surface area contributed by atoms with Gasteiger partial charge in [-0.1, -0.05) is 6.07 Å². The van der Waals surface area contributed by atoms with Crippen LogP contribution in [0.4, 0.5) is 4.39 Å². The largest absolute Gasteiger partial charge is 0.497 e. The van der Waals surface area contributed by atoms with Crippen LogP contribution in [-0.4, -0.2) is 74.6 Å². The maximum absolute atomic E-state index is 14.6. The lowest BCUT2D eigenvalue weighted by atomic mass is 9.93. The molecule has 9 nitrogen and oxygen atoms in total. The summed E-state index contributed by atoms with van der Waals surface area (Å²) in [7, 11) is 1.47. The molecule has 1 saturated heterocycles. The summed E-state index contributed by atoms with van der Waals surface area (Å²) in [5.74, 6) is 0.124. The van der Waals surface area contributed by atoms with Crippen LogP contribution < -0.4 is 9.47 Å². The highest BCUT2D eigenvalue weighted by Crippen LogP contribution is 2.37. The Morgan fingerprint density at radius 1 is 1.19 bits per heavy atom. The molecule has 0 bridgehead atoms. The third kappa shape index (κ3) is 4.20. The lowest BCUT2D eigenvalue weighted by Crippen LogP contribution is -2.60. The molecule has 4 N–H and O–H groups in total. The molecule has 1 aliphatic carbocycles. The Hall–Kier alpha value is -2.24. The molecular formula is C22H29FN2O7. The zero-order chi connectivity index (χ0) is 23.0. The van der Waals surface area contributed by atoms with Crippen molar-refractivity contribution in [3.8, 4) is 11.6 Å². The summed E-state index contributed by atoms with van der Waals surface area (Å²) in [6.07, 6.45) is -3.87. The molecule has 5 atom stereocenters. The molecule has 0 spiro atoms. The number of ether oxygens (including phenoxy) is 3. The summed E-state index contributed by atoms with van der Waals surface area (Å²) in [6, 6.07) is 4.81. The zero-order valence-corrected chi connectivity index (χ0v) is 18.0. The first kappa shape index (κ1) is 22.9. The molecule has 1 aliphatic heterocycles. The highest BCUT2D eigenvalue weighted by atomic mass is 19.1. The Labute approximate surface area is 185 Å². The average molecular weight is 452 g/mol. The van der Waals surface area contributed by atoms with Crippen LogP contribution in [-0.2, 0) is 11.2 Å². The summed E-state index contributed by atoms with van der Waals surface area (Å²) in [4.78, 5) is 0. The van der Waals surface area contributed by atoms with E-state index >= 15 is 0 Å². The summed E-state index contributed by atoms with van der Waals surface area (Å²) in [5, 5.41) is 44.4. The second-order valence-electron chi connectivity index (χ2n) is 8.35. The highest BCUT2D eigenvalue weighted by molar-refractivity contribution is 5.39. The van der Waals surface area contributed by atoms with E-state index in [1.807, 2.05) is 11.6 Å². The van der Waals surface area contributed by atoms with E-state index in [-0.39, 0.29) is 18.3 Å². The SMILES string of the molecule is COc1ccc(Cc2c(O[C@@H]3O[C@H](CO)[C@@H](O)[C@H](O)[C@H]3O)nn(C3CCC3)c2C)c(F)c1. The van der Waals surface area contributed by atoms with Crippen LogP contribution in [0.15, 0.2) is 18.2 Å². The topological polar surface area (TPSA) is 126 Å². The van der Waals surface area contributed by atoms with E-state index in [4.69, 9.17) is 14.2 Å². The van der Waals surface area contributed by atoms with E-state index < -0.39 is 43.1 Å². The number of rotatable bonds is 7. The van der Waals surface area contributed by atoms with Crippen LogP contribution in [0.5, 0.6) is 11.6 Å². The minimum atomic E-state index is -1.57. The van der Waals surface area contributed by atoms with E-state index in [0.717, 1.165) is 25.0 Å². The number of aliphatic hydroxyl groups is 4. The molecule has 32 heavy (non-hydrogen) atoms. The van der Waals surface area contributed by atoms with Crippen molar-refractivity contribution < 1.29 is 39.0 Å². The third-order valence-electron chi connectivity index (χ3n) is 6.36. The average Bonchev–Trinajstić information content (AvgIpc) is 3.03. The first-order chi connectivity index (χ1) is 15.3. The Morgan fingerprint density at radius 3 is 2.53 bits per heavy atom. The monoisotopic (exact) mass is 452 g/mol. The fraction of sp³-hybridized carbons (Fsp3) is 0.591. The molecule has 1 aromatic carbocycles. The third-order valence-corrected chi connectivity index (χ3v) is 6.36. The number of methoxy groups -OCH3 is 1. The summed E-state index contributed by atoms with van der Waals surface area (Å²) >= 11 is 0. The first-order valence-electron chi connectivity index (χ1n) is 10.7. The van der Waals surface area contributed by atoms with Crippen LogP contribution >= 0.6 is 0 Å². The Morgan fingerprint density at radius 2 is 1.94 bits per heavy atom. The quantitative estimate of drug-likeness (QED) is 0.487. The van der Waals surface area contributed by atoms with Gasteiger partial charge in [0.15, 0.2) is 0 Å². The van der Waals surface area contributed by atoms with Crippen molar-refractivity contribution in [3.63, 3.8) is 0 Å². The lowest BCUT2D eigenvalue weighted by Gasteiger charge is -2.39. The standard InChI is InChI=1S/C22H29FN2O7/c1-11-15(8-12-6-7-14(30-2)9-16(12)23)21(24-25(11)13-4-3-5-13)32-22-20(29)19(28)18(27)17(10-26)31-22/h6-7,9,13,17-20,22,26-29H,3-5,8,10H2,1-2H3/t17-,18-,19+,20-,22+/m1/s1. The number of halogens is 1. The first-order valence-corrected chi connectivity index (χ1v) is 10.7.